The first kappa shape index (κ1) is 31.8. The minimum Gasteiger partial charge on any atom is -0.463 e. The molecule has 9 heteroatoms. The molecule has 8 nitrogen and oxygen atoms in total. The smallest absolute Gasteiger partial charge is 0.410 e. The summed E-state index contributed by atoms with van der Waals surface area (Å²) in [5.41, 5.74) is 3.02. The van der Waals surface area contributed by atoms with Gasteiger partial charge in [-0.3, -0.25) is 0 Å². The van der Waals surface area contributed by atoms with E-state index in [4.69, 9.17) is 18.9 Å². The van der Waals surface area contributed by atoms with Crippen LogP contribution in [0.15, 0.2) is 47.4 Å². The van der Waals surface area contributed by atoms with Gasteiger partial charge >= 0.3 is 6.09 Å². The Hall–Kier alpha value is -2.62. The topological polar surface area (TPSA) is 91.4 Å². The first-order valence-corrected chi connectivity index (χ1v) is 17.6. The molecule has 3 aliphatic rings. The minimum absolute atomic E-state index is 0.208. The van der Waals surface area contributed by atoms with E-state index in [0.29, 0.717) is 31.2 Å². The van der Waals surface area contributed by atoms with Crippen molar-refractivity contribution in [1.29, 1.82) is 0 Å². The maximum Gasteiger partial charge on any atom is 0.410 e. The van der Waals surface area contributed by atoms with Crippen molar-refractivity contribution in [2.75, 3.05) is 26.3 Å². The molecule has 0 spiro atoms. The molecule has 2 aliphatic heterocycles. The highest BCUT2D eigenvalue weighted by molar-refractivity contribution is 7.92. The number of unbranched alkanes of at least 4 members (excludes halogenated alkanes) is 4. The largest absolute Gasteiger partial charge is 0.463 e. The van der Waals surface area contributed by atoms with Crippen LogP contribution in [-0.4, -0.2) is 56.8 Å². The Morgan fingerprint density at radius 1 is 0.953 bits per heavy atom. The second kappa shape index (κ2) is 14.4. The van der Waals surface area contributed by atoms with Crippen LogP contribution in [0.1, 0.15) is 101 Å². The van der Waals surface area contributed by atoms with E-state index in [0.717, 1.165) is 99.7 Å². The zero-order chi connectivity index (χ0) is 30.3. The number of cyclic esters (lactones) is 1. The second-order valence-corrected chi connectivity index (χ2v) is 14.8. The van der Waals surface area contributed by atoms with Crippen molar-refractivity contribution >= 4 is 15.9 Å². The molecule has 0 radical (unpaired) electrons. The third-order valence-electron chi connectivity index (χ3n) is 8.71. The van der Waals surface area contributed by atoms with Crippen LogP contribution in [0, 0.1) is 0 Å². The van der Waals surface area contributed by atoms with E-state index in [2.05, 4.69) is 0 Å². The molecule has 2 aromatic carbocycles. The lowest BCUT2D eigenvalue weighted by molar-refractivity contribution is -0.180. The van der Waals surface area contributed by atoms with Crippen molar-refractivity contribution < 1.29 is 32.2 Å². The van der Waals surface area contributed by atoms with Crippen molar-refractivity contribution in [2.24, 2.45) is 0 Å². The van der Waals surface area contributed by atoms with Gasteiger partial charge in [-0.1, -0.05) is 50.3 Å². The summed E-state index contributed by atoms with van der Waals surface area (Å²) in [6.07, 6.45) is 10.1. The minimum atomic E-state index is -3.21. The zero-order valence-corrected chi connectivity index (χ0v) is 26.5. The number of hydrogen-bond acceptors (Lipinski definition) is 7. The van der Waals surface area contributed by atoms with Gasteiger partial charge in [-0.15, -0.1) is 0 Å². The van der Waals surface area contributed by atoms with E-state index in [-0.39, 0.29) is 17.4 Å². The monoisotopic (exact) mass is 613 g/mol. The van der Waals surface area contributed by atoms with E-state index in [1.165, 1.54) is 0 Å². The van der Waals surface area contributed by atoms with Crippen molar-refractivity contribution in [3.8, 4) is 5.75 Å². The number of nitrogens with zero attached hydrogens (tertiary/aromatic N) is 1. The van der Waals surface area contributed by atoms with Gasteiger partial charge in [-0.25, -0.2) is 13.2 Å². The summed E-state index contributed by atoms with van der Waals surface area (Å²) < 4.78 is 48.9. The molecule has 0 bridgehead atoms. The molecule has 1 atom stereocenters. The number of fused-ring (bicyclic) bond motifs is 1. The van der Waals surface area contributed by atoms with E-state index < -0.39 is 15.6 Å². The molecule has 236 valence electrons. The number of aryl methyl sites for hydroxylation is 1. The van der Waals surface area contributed by atoms with E-state index in [9.17, 15) is 13.2 Å². The summed E-state index contributed by atoms with van der Waals surface area (Å²) in [6, 6.07) is 13.4. The first-order chi connectivity index (χ1) is 20.7. The Balaban J connectivity index is 0.907. The molecule has 2 aromatic rings. The van der Waals surface area contributed by atoms with Gasteiger partial charge < -0.3 is 23.8 Å². The highest BCUT2D eigenvalue weighted by Gasteiger charge is 2.34. The standard InChI is InChI=1S/C34H47NO7S/c1-34(2)40-25-28-23-27(17-18-31(28)42-34)32-24-35(33(36)41-32)19-8-4-3-5-9-20-39-21-11-13-26-12-10-16-30(22-26)43(37,38)29-14-6-7-15-29/h10,12,16-18,22-23,29,32H,3-9,11,13-15,19-21,24-25H2,1-2H3/t32-/m0/s1. The van der Waals surface area contributed by atoms with E-state index in [1.807, 2.05) is 55.1 Å². The zero-order valence-electron chi connectivity index (χ0n) is 25.7. The second-order valence-electron chi connectivity index (χ2n) is 12.6. The van der Waals surface area contributed by atoms with Crippen LogP contribution in [-0.2, 0) is 37.1 Å². The number of rotatable bonds is 15. The summed E-state index contributed by atoms with van der Waals surface area (Å²) in [6.45, 7) is 6.97. The molecule has 2 fully saturated rings. The van der Waals surface area contributed by atoms with Crippen LogP contribution in [0.4, 0.5) is 4.79 Å². The lowest BCUT2D eigenvalue weighted by Gasteiger charge is -2.32. The highest BCUT2D eigenvalue weighted by atomic mass is 32.2. The lowest BCUT2D eigenvalue weighted by Crippen LogP contribution is -2.35. The number of amides is 1. The number of sulfone groups is 1. The number of ether oxygens (including phenoxy) is 4. The molecule has 5 rings (SSSR count). The molecule has 1 aliphatic carbocycles. The van der Waals surface area contributed by atoms with E-state index in [1.54, 1.807) is 6.07 Å². The van der Waals surface area contributed by atoms with Crippen LogP contribution in [0.2, 0.25) is 0 Å². The van der Waals surface area contributed by atoms with Gasteiger partial charge in [0.2, 0.25) is 5.79 Å². The molecular weight excluding hydrogens is 566 g/mol. The Morgan fingerprint density at radius 3 is 2.56 bits per heavy atom. The highest BCUT2D eigenvalue weighted by Crippen LogP contribution is 2.35. The Bertz CT molecular complexity index is 1340. The van der Waals surface area contributed by atoms with Gasteiger partial charge in [0.05, 0.1) is 23.3 Å². The predicted molar refractivity (Wildman–Crippen MR) is 165 cm³/mol. The summed E-state index contributed by atoms with van der Waals surface area (Å²) >= 11 is 0. The van der Waals surface area contributed by atoms with Gasteiger partial charge in [0.15, 0.2) is 9.84 Å². The Labute approximate surface area is 257 Å². The van der Waals surface area contributed by atoms with Crippen LogP contribution in [0.3, 0.4) is 0 Å². The summed E-state index contributed by atoms with van der Waals surface area (Å²) in [4.78, 5) is 14.7. The van der Waals surface area contributed by atoms with Crippen molar-refractivity contribution in [3.63, 3.8) is 0 Å². The molecule has 0 unspecified atom stereocenters. The number of benzene rings is 2. The molecule has 0 aromatic heterocycles. The SMILES string of the molecule is CC1(C)OCc2cc([C@@H]3CN(CCCCCCCOCCCc4cccc(S(=O)(=O)C5CCCC5)c4)C(=O)O3)ccc2O1. The molecule has 1 saturated heterocycles. The van der Waals surface area contributed by atoms with Crippen LogP contribution >= 0.6 is 0 Å². The van der Waals surface area contributed by atoms with Crippen LogP contribution < -0.4 is 4.74 Å². The fourth-order valence-corrected chi connectivity index (χ4v) is 8.13. The molecule has 2 heterocycles. The fraction of sp³-hybridized carbons (Fsp3) is 0.618. The predicted octanol–water partition coefficient (Wildman–Crippen LogP) is 7.14. The van der Waals surface area contributed by atoms with Crippen molar-refractivity contribution in [3.05, 3.63) is 59.2 Å². The van der Waals surface area contributed by atoms with Gasteiger partial charge in [-0.05, 0) is 73.9 Å². The summed E-state index contributed by atoms with van der Waals surface area (Å²) in [7, 11) is -3.21. The lowest BCUT2D eigenvalue weighted by atomic mass is 10.0. The Kier molecular flexibility index (Phi) is 10.7. The molecular formula is C34H47NO7S. The van der Waals surface area contributed by atoms with E-state index >= 15 is 0 Å². The van der Waals surface area contributed by atoms with Crippen molar-refractivity contribution in [2.45, 2.75) is 113 Å². The molecule has 1 saturated carbocycles. The summed E-state index contributed by atoms with van der Waals surface area (Å²) in [5.74, 6) is 0.192. The van der Waals surface area contributed by atoms with Crippen molar-refractivity contribution in [1.82, 2.24) is 4.90 Å². The maximum absolute atomic E-state index is 12.9. The molecule has 0 N–H and O–H groups in total. The fourth-order valence-electron chi connectivity index (χ4n) is 6.21. The van der Waals surface area contributed by atoms with Gasteiger partial charge in [0, 0.05) is 39.2 Å². The number of carbonyl (C=O) groups is 1. The maximum atomic E-state index is 12.9. The van der Waals surface area contributed by atoms with Crippen LogP contribution in [0.25, 0.3) is 0 Å². The normalized spacial score (nSPS) is 20.2. The Morgan fingerprint density at radius 2 is 1.72 bits per heavy atom. The quantitative estimate of drug-likeness (QED) is 0.197. The van der Waals surface area contributed by atoms with Gasteiger partial charge in [0.1, 0.15) is 11.9 Å². The summed E-state index contributed by atoms with van der Waals surface area (Å²) in [5, 5.41) is -0.208. The molecule has 43 heavy (non-hydrogen) atoms. The third kappa shape index (κ3) is 8.52. The average Bonchev–Trinajstić information content (AvgIpc) is 3.66. The number of carbonyl (C=O) groups excluding carboxylic acids is 1. The molecule has 1 amide bonds. The van der Waals surface area contributed by atoms with Gasteiger partial charge in [-0.2, -0.15) is 0 Å². The van der Waals surface area contributed by atoms with Gasteiger partial charge in [0.25, 0.3) is 0 Å². The average molecular weight is 614 g/mol. The first-order valence-electron chi connectivity index (χ1n) is 16.0. The third-order valence-corrected chi connectivity index (χ3v) is 11.0. The van der Waals surface area contributed by atoms with Crippen LogP contribution in [0.5, 0.6) is 5.75 Å². The number of hydrogen-bond donors (Lipinski definition) is 0.